The molecule has 0 heterocycles. The van der Waals surface area contributed by atoms with Crippen LogP contribution in [0.4, 0.5) is 0 Å². The van der Waals surface area contributed by atoms with Gasteiger partial charge in [-0.25, -0.2) is 0 Å². The van der Waals surface area contributed by atoms with Gasteiger partial charge in [0.05, 0.1) is 0 Å². The SMILES string of the molecule is CC(=O)[O][Sn]([CH]1C=CC=C1)([CH]1C=CC=C1)[CH]1C=CC=C1. The van der Waals surface area contributed by atoms with Gasteiger partial charge in [-0.05, 0) is 0 Å². The summed E-state index contributed by atoms with van der Waals surface area (Å²) in [5.74, 6) is -0.142. The molecule has 3 heteroatoms. The number of hydrogen-bond acceptors (Lipinski definition) is 2. The molecule has 3 aliphatic carbocycles. The molecule has 3 rings (SSSR count). The van der Waals surface area contributed by atoms with Gasteiger partial charge in [0.25, 0.3) is 0 Å². The van der Waals surface area contributed by atoms with Crippen molar-refractivity contribution in [3.8, 4) is 0 Å². The van der Waals surface area contributed by atoms with Gasteiger partial charge in [-0.3, -0.25) is 0 Å². The van der Waals surface area contributed by atoms with E-state index in [9.17, 15) is 4.79 Å². The van der Waals surface area contributed by atoms with Gasteiger partial charge >= 0.3 is 124 Å². The van der Waals surface area contributed by atoms with Crippen molar-refractivity contribution in [2.75, 3.05) is 0 Å². The molecule has 0 amide bonds. The molecule has 2 nitrogen and oxygen atoms in total. The molecule has 20 heavy (non-hydrogen) atoms. The maximum absolute atomic E-state index is 11.8. The van der Waals surface area contributed by atoms with Gasteiger partial charge in [-0.2, -0.15) is 0 Å². The average molecular weight is 373 g/mol. The van der Waals surface area contributed by atoms with Crippen LogP contribution in [0.5, 0.6) is 0 Å². The van der Waals surface area contributed by atoms with Crippen LogP contribution in [0.2, 0.25) is 11.8 Å². The summed E-state index contributed by atoms with van der Waals surface area (Å²) in [6, 6.07) is 0. The predicted molar refractivity (Wildman–Crippen MR) is 83.6 cm³/mol. The minimum atomic E-state index is -3.36. The molecule has 102 valence electrons. The molecule has 0 N–H and O–H groups in total. The molecule has 0 radical (unpaired) electrons. The molecule has 0 saturated heterocycles. The summed E-state index contributed by atoms with van der Waals surface area (Å²) in [4.78, 5) is 11.8. The van der Waals surface area contributed by atoms with Gasteiger partial charge < -0.3 is 0 Å². The fourth-order valence-corrected chi connectivity index (χ4v) is 16.8. The van der Waals surface area contributed by atoms with Crippen LogP contribution in [-0.4, -0.2) is 24.8 Å². The molecule has 0 aromatic heterocycles. The number of carbonyl (C=O) groups is 1. The molecular weight excluding hydrogens is 355 g/mol. The third-order valence-electron chi connectivity index (χ3n) is 4.13. The van der Waals surface area contributed by atoms with Crippen molar-refractivity contribution in [1.29, 1.82) is 0 Å². The van der Waals surface area contributed by atoms with Crippen molar-refractivity contribution in [2.24, 2.45) is 0 Å². The first-order valence-corrected chi connectivity index (χ1v) is 13.1. The van der Waals surface area contributed by atoms with E-state index in [0.29, 0.717) is 11.8 Å². The Morgan fingerprint density at radius 2 is 1.05 bits per heavy atom. The van der Waals surface area contributed by atoms with E-state index in [2.05, 4.69) is 72.9 Å². The van der Waals surface area contributed by atoms with E-state index in [0.717, 1.165) is 0 Å². The topological polar surface area (TPSA) is 26.3 Å². The monoisotopic (exact) mass is 374 g/mol. The van der Waals surface area contributed by atoms with Crippen LogP contribution in [-0.2, 0) is 7.87 Å². The van der Waals surface area contributed by atoms with Crippen LogP contribution >= 0.6 is 0 Å². The Balaban J connectivity index is 2.08. The zero-order valence-electron chi connectivity index (χ0n) is 11.5. The van der Waals surface area contributed by atoms with Crippen LogP contribution in [0.25, 0.3) is 0 Å². The Bertz CT molecular complexity index is 472. The molecule has 0 fully saturated rings. The molecule has 0 aliphatic heterocycles. The molecule has 0 aromatic rings. The fourth-order valence-electron chi connectivity index (χ4n) is 3.32. The van der Waals surface area contributed by atoms with Crippen LogP contribution in [0.15, 0.2) is 72.9 Å². The van der Waals surface area contributed by atoms with E-state index in [1.807, 2.05) is 0 Å². The summed E-state index contributed by atoms with van der Waals surface area (Å²) in [5, 5.41) is 0. The molecule has 0 unspecified atom stereocenters. The Morgan fingerprint density at radius 1 is 0.750 bits per heavy atom. The van der Waals surface area contributed by atoms with Crippen molar-refractivity contribution in [3.05, 3.63) is 72.9 Å². The molecule has 3 aliphatic rings. The van der Waals surface area contributed by atoms with E-state index in [-0.39, 0.29) is 5.97 Å². The van der Waals surface area contributed by atoms with Gasteiger partial charge in [-0.1, -0.05) is 0 Å². The van der Waals surface area contributed by atoms with Crippen molar-refractivity contribution in [2.45, 2.75) is 18.7 Å². The van der Waals surface area contributed by atoms with Crippen LogP contribution in [0.3, 0.4) is 0 Å². The minimum absolute atomic E-state index is 0.142. The zero-order valence-corrected chi connectivity index (χ0v) is 14.3. The second-order valence-corrected chi connectivity index (χ2v) is 16.5. The Morgan fingerprint density at radius 3 is 1.30 bits per heavy atom. The molecule has 0 saturated carbocycles. The van der Waals surface area contributed by atoms with Gasteiger partial charge in [0.15, 0.2) is 0 Å². The van der Waals surface area contributed by atoms with Crippen LogP contribution in [0, 0.1) is 0 Å². The van der Waals surface area contributed by atoms with Crippen LogP contribution in [0.1, 0.15) is 6.92 Å². The van der Waals surface area contributed by atoms with Gasteiger partial charge in [0.1, 0.15) is 0 Å². The Kier molecular flexibility index (Phi) is 3.83. The van der Waals surface area contributed by atoms with Gasteiger partial charge in [0, 0.05) is 0 Å². The van der Waals surface area contributed by atoms with E-state index in [4.69, 9.17) is 3.07 Å². The summed E-state index contributed by atoms with van der Waals surface area (Å²) in [7, 11) is 0. The average Bonchev–Trinajstić information content (AvgIpc) is 3.15. The molecule has 0 bridgehead atoms. The summed E-state index contributed by atoms with van der Waals surface area (Å²) < 4.78 is 7.04. The van der Waals surface area contributed by atoms with Crippen molar-refractivity contribution < 1.29 is 7.87 Å². The Hall–Kier alpha value is -1.29. The molecule has 0 atom stereocenters. The third kappa shape index (κ3) is 2.26. The number of allylic oxidation sites excluding steroid dienone is 12. The first-order valence-electron chi connectivity index (χ1n) is 6.98. The predicted octanol–water partition coefficient (Wildman–Crippen LogP) is 3.98. The van der Waals surface area contributed by atoms with Crippen molar-refractivity contribution in [1.82, 2.24) is 0 Å². The molecule has 0 aromatic carbocycles. The number of hydrogen-bond donors (Lipinski definition) is 0. The van der Waals surface area contributed by atoms with Crippen molar-refractivity contribution >= 4 is 24.8 Å². The number of rotatable bonds is 4. The first-order chi connectivity index (χ1) is 9.73. The van der Waals surface area contributed by atoms with Gasteiger partial charge in [-0.15, -0.1) is 0 Å². The molecule has 0 spiro atoms. The first kappa shape index (κ1) is 13.7. The van der Waals surface area contributed by atoms with E-state index in [1.165, 1.54) is 0 Å². The number of carbonyl (C=O) groups excluding carboxylic acids is 1. The summed E-state index contributed by atoms with van der Waals surface area (Å²) in [6.07, 6.45) is 25.7. The van der Waals surface area contributed by atoms with E-state index >= 15 is 0 Å². The third-order valence-corrected chi connectivity index (χ3v) is 18.2. The quantitative estimate of drug-likeness (QED) is 0.697. The van der Waals surface area contributed by atoms with E-state index < -0.39 is 18.8 Å². The van der Waals surface area contributed by atoms with Crippen molar-refractivity contribution in [3.63, 3.8) is 0 Å². The Labute approximate surface area is 124 Å². The zero-order chi connectivity index (χ0) is 14.0. The second kappa shape index (κ2) is 5.60. The summed E-state index contributed by atoms with van der Waals surface area (Å²) >= 11 is -3.36. The second-order valence-electron chi connectivity index (χ2n) is 5.33. The normalized spacial score (nSPS) is 21.6. The van der Waals surface area contributed by atoms with Crippen LogP contribution < -0.4 is 0 Å². The van der Waals surface area contributed by atoms with Gasteiger partial charge in [0.2, 0.25) is 0 Å². The molecular formula is C17H18O2Sn. The fraction of sp³-hybridized carbons (Fsp3) is 0.235. The summed E-state index contributed by atoms with van der Waals surface area (Å²) in [5.41, 5.74) is 0. The van der Waals surface area contributed by atoms with E-state index in [1.54, 1.807) is 6.92 Å². The maximum atomic E-state index is 11.8. The standard InChI is InChI=1S/3C5H5.C2H4O2.Sn/c3*1-2-4-5-3-1;1-2(3)4;/h3*1-5H;1H3,(H,3,4);/q;;;;+1/p-1. The summed E-state index contributed by atoms with van der Waals surface area (Å²) in [6.45, 7) is 1.54.